The summed E-state index contributed by atoms with van der Waals surface area (Å²) in [5.74, 6) is 2.43. The summed E-state index contributed by atoms with van der Waals surface area (Å²) in [6, 6.07) is 16.9. The summed E-state index contributed by atoms with van der Waals surface area (Å²) in [5.41, 5.74) is 3.25. The van der Waals surface area contributed by atoms with Gasteiger partial charge < -0.3 is 15.0 Å². The van der Waals surface area contributed by atoms with Gasteiger partial charge in [-0.3, -0.25) is 4.79 Å². The predicted octanol–water partition coefficient (Wildman–Crippen LogP) is 3.44. The Bertz CT molecular complexity index is 1340. The van der Waals surface area contributed by atoms with E-state index in [0.29, 0.717) is 67.3 Å². The molecule has 4 aromatic rings. The van der Waals surface area contributed by atoms with Crippen LogP contribution in [0.25, 0.3) is 11.5 Å². The Hall–Kier alpha value is -4.24. The molecule has 9 nitrogen and oxygen atoms in total. The summed E-state index contributed by atoms with van der Waals surface area (Å²) in [4.78, 5) is 37.1. The molecule has 35 heavy (non-hydrogen) atoms. The van der Waals surface area contributed by atoms with Gasteiger partial charge in [-0.15, -0.1) is 0 Å². The monoisotopic (exact) mass is 467 g/mol. The van der Waals surface area contributed by atoms with E-state index in [1.165, 1.54) is 0 Å². The highest BCUT2D eigenvalue weighted by Gasteiger charge is 2.18. The minimum atomic E-state index is 0.0224. The highest BCUT2D eigenvalue weighted by atomic mass is 16.5. The summed E-state index contributed by atoms with van der Waals surface area (Å²) in [6.45, 7) is 4.32. The number of morpholine rings is 1. The molecule has 0 radical (unpaired) electrons. The highest BCUT2D eigenvalue weighted by molar-refractivity contribution is 5.94. The molecule has 0 aliphatic carbocycles. The Kier molecular flexibility index (Phi) is 6.67. The molecule has 1 aliphatic heterocycles. The van der Waals surface area contributed by atoms with Crippen LogP contribution >= 0.6 is 0 Å². The number of carbonyl (C=O) groups is 1. The van der Waals surface area contributed by atoms with Gasteiger partial charge in [0.2, 0.25) is 0 Å². The van der Waals surface area contributed by atoms with Gasteiger partial charge in [0, 0.05) is 43.2 Å². The first-order valence-corrected chi connectivity index (χ1v) is 11.5. The third-order valence-electron chi connectivity index (χ3n) is 5.57. The van der Waals surface area contributed by atoms with Crippen molar-refractivity contribution in [1.29, 1.82) is 0 Å². The van der Waals surface area contributed by atoms with Crippen LogP contribution in [0.4, 0.5) is 11.6 Å². The Morgan fingerprint density at radius 2 is 1.71 bits per heavy atom. The van der Waals surface area contributed by atoms with Crippen molar-refractivity contribution in [2.75, 3.05) is 31.6 Å². The van der Waals surface area contributed by atoms with Crippen molar-refractivity contribution in [2.24, 2.45) is 0 Å². The molecule has 1 fully saturated rings. The molecule has 9 heteroatoms. The van der Waals surface area contributed by atoms with Crippen molar-refractivity contribution >= 4 is 17.5 Å². The van der Waals surface area contributed by atoms with E-state index in [1.807, 2.05) is 54.3 Å². The summed E-state index contributed by atoms with van der Waals surface area (Å²) in [6.07, 6.45) is 3.90. The predicted molar refractivity (Wildman–Crippen MR) is 131 cm³/mol. The van der Waals surface area contributed by atoms with Crippen LogP contribution in [0.1, 0.15) is 27.4 Å². The third-order valence-corrected chi connectivity index (χ3v) is 5.57. The molecular weight excluding hydrogens is 442 g/mol. The van der Waals surface area contributed by atoms with Crippen LogP contribution in [-0.2, 0) is 11.2 Å². The minimum Gasteiger partial charge on any atom is -0.378 e. The number of aryl methyl sites for hydroxylation is 1. The number of carbonyl (C=O) groups excluding carboxylic acids is 1. The second-order valence-electron chi connectivity index (χ2n) is 8.19. The first kappa shape index (κ1) is 22.5. The van der Waals surface area contributed by atoms with Gasteiger partial charge in [-0.2, -0.15) is 0 Å². The van der Waals surface area contributed by atoms with Crippen LogP contribution < -0.4 is 5.32 Å². The zero-order valence-electron chi connectivity index (χ0n) is 19.4. The Balaban J connectivity index is 1.30. The molecule has 0 saturated carbocycles. The van der Waals surface area contributed by atoms with Crippen molar-refractivity contribution in [3.63, 3.8) is 0 Å². The van der Waals surface area contributed by atoms with Gasteiger partial charge in [0.1, 0.15) is 23.2 Å². The fourth-order valence-electron chi connectivity index (χ4n) is 3.85. The number of nitrogens with one attached hydrogen (secondary N) is 1. The number of rotatable bonds is 6. The van der Waals surface area contributed by atoms with Crippen LogP contribution in [0.5, 0.6) is 0 Å². The normalized spacial score (nSPS) is 13.5. The molecule has 1 aliphatic rings. The number of hydrogen-bond donors (Lipinski definition) is 1. The first-order valence-electron chi connectivity index (χ1n) is 11.5. The Morgan fingerprint density at radius 1 is 0.943 bits per heavy atom. The number of ether oxygens (including phenoxy) is 1. The van der Waals surface area contributed by atoms with Gasteiger partial charge in [-0.1, -0.05) is 18.2 Å². The molecule has 4 heterocycles. The highest BCUT2D eigenvalue weighted by Crippen LogP contribution is 2.18. The smallest absolute Gasteiger partial charge is 0.254 e. The SMILES string of the molecule is Cc1cccc(-c2nccc(Nc3ccnc(Cc4cccc(C(=O)N5CCOCC5)c4)n3)n2)n1. The van der Waals surface area contributed by atoms with E-state index in [2.05, 4.69) is 30.2 Å². The molecule has 0 unspecified atom stereocenters. The van der Waals surface area contributed by atoms with Crippen molar-refractivity contribution in [3.8, 4) is 11.5 Å². The fourth-order valence-corrected chi connectivity index (χ4v) is 3.85. The van der Waals surface area contributed by atoms with Gasteiger partial charge in [-0.25, -0.2) is 24.9 Å². The lowest BCUT2D eigenvalue weighted by Gasteiger charge is -2.27. The van der Waals surface area contributed by atoms with Crippen molar-refractivity contribution in [1.82, 2.24) is 29.8 Å². The van der Waals surface area contributed by atoms with Crippen LogP contribution in [-0.4, -0.2) is 62.0 Å². The second-order valence-corrected chi connectivity index (χ2v) is 8.19. The maximum absolute atomic E-state index is 12.8. The molecule has 3 aromatic heterocycles. The van der Waals surface area contributed by atoms with Crippen LogP contribution in [0, 0.1) is 6.92 Å². The fraction of sp³-hybridized carbons (Fsp3) is 0.231. The Labute approximate surface area is 203 Å². The number of amides is 1. The summed E-state index contributed by atoms with van der Waals surface area (Å²) < 4.78 is 5.35. The largest absolute Gasteiger partial charge is 0.378 e. The summed E-state index contributed by atoms with van der Waals surface area (Å²) >= 11 is 0. The number of anilines is 2. The number of pyridine rings is 1. The molecule has 1 aromatic carbocycles. The second kappa shape index (κ2) is 10.4. The molecule has 1 amide bonds. The lowest BCUT2D eigenvalue weighted by molar-refractivity contribution is 0.0303. The van der Waals surface area contributed by atoms with E-state index >= 15 is 0 Å². The first-order chi connectivity index (χ1) is 17.1. The molecule has 5 rings (SSSR count). The minimum absolute atomic E-state index is 0.0224. The van der Waals surface area contributed by atoms with Crippen LogP contribution in [0.15, 0.2) is 67.0 Å². The van der Waals surface area contributed by atoms with Gasteiger partial charge in [0.25, 0.3) is 5.91 Å². The van der Waals surface area contributed by atoms with E-state index in [4.69, 9.17) is 4.74 Å². The van der Waals surface area contributed by atoms with Gasteiger partial charge in [0.15, 0.2) is 5.82 Å². The zero-order valence-corrected chi connectivity index (χ0v) is 19.4. The number of aromatic nitrogens is 5. The van der Waals surface area contributed by atoms with Gasteiger partial charge >= 0.3 is 0 Å². The lowest BCUT2D eigenvalue weighted by atomic mass is 10.1. The number of nitrogens with zero attached hydrogens (tertiary/aromatic N) is 6. The quantitative estimate of drug-likeness (QED) is 0.460. The van der Waals surface area contributed by atoms with E-state index in [0.717, 1.165) is 11.3 Å². The van der Waals surface area contributed by atoms with E-state index in [1.54, 1.807) is 24.5 Å². The lowest BCUT2D eigenvalue weighted by Crippen LogP contribution is -2.40. The average molecular weight is 468 g/mol. The standard InChI is InChI=1S/C26H25N7O2/c1-18-4-2-7-21(29-18)25-28-11-9-23(32-25)30-22-8-10-27-24(31-22)17-19-5-3-6-20(16-19)26(34)33-12-14-35-15-13-33/h2-11,16H,12-15,17H2,1H3,(H,27,28,30,31,32). The molecule has 0 atom stereocenters. The maximum atomic E-state index is 12.8. The van der Waals surface area contributed by atoms with Gasteiger partial charge in [0.05, 0.1) is 13.2 Å². The van der Waals surface area contributed by atoms with Gasteiger partial charge in [-0.05, 0) is 48.9 Å². The van der Waals surface area contributed by atoms with Crippen molar-refractivity contribution in [3.05, 3.63) is 89.6 Å². The Morgan fingerprint density at radius 3 is 2.54 bits per heavy atom. The third kappa shape index (κ3) is 5.64. The molecular formula is C26H25N7O2. The van der Waals surface area contributed by atoms with Crippen molar-refractivity contribution < 1.29 is 9.53 Å². The molecule has 0 spiro atoms. The average Bonchev–Trinajstić information content (AvgIpc) is 2.89. The molecule has 176 valence electrons. The van der Waals surface area contributed by atoms with Crippen molar-refractivity contribution in [2.45, 2.75) is 13.3 Å². The van der Waals surface area contributed by atoms with Crippen LogP contribution in [0.3, 0.4) is 0 Å². The summed E-state index contributed by atoms with van der Waals surface area (Å²) in [7, 11) is 0. The van der Waals surface area contributed by atoms with E-state index in [9.17, 15) is 4.79 Å². The number of hydrogen-bond acceptors (Lipinski definition) is 8. The zero-order chi connectivity index (χ0) is 24.0. The van der Waals surface area contributed by atoms with E-state index in [-0.39, 0.29) is 5.91 Å². The summed E-state index contributed by atoms with van der Waals surface area (Å²) in [5, 5.41) is 3.22. The molecule has 1 N–H and O–H groups in total. The topological polar surface area (TPSA) is 106 Å². The molecule has 1 saturated heterocycles. The molecule has 0 bridgehead atoms. The van der Waals surface area contributed by atoms with Crippen LogP contribution in [0.2, 0.25) is 0 Å². The maximum Gasteiger partial charge on any atom is 0.254 e. The number of benzene rings is 1. The van der Waals surface area contributed by atoms with E-state index < -0.39 is 0 Å².